The van der Waals surface area contributed by atoms with E-state index in [2.05, 4.69) is 19.2 Å². The lowest BCUT2D eigenvalue weighted by Gasteiger charge is -2.32. The summed E-state index contributed by atoms with van der Waals surface area (Å²) in [5.41, 5.74) is 0. The molecule has 1 N–H and O–H groups in total. The van der Waals surface area contributed by atoms with Crippen molar-refractivity contribution in [1.29, 1.82) is 0 Å². The number of hydrogen-bond acceptors (Lipinski definition) is 1. The van der Waals surface area contributed by atoms with E-state index in [4.69, 9.17) is 0 Å². The van der Waals surface area contributed by atoms with E-state index in [0.717, 1.165) is 23.8 Å². The van der Waals surface area contributed by atoms with Crippen LogP contribution in [0.1, 0.15) is 46.0 Å². The van der Waals surface area contributed by atoms with E-state index in [0.29, 0.717) is 0 Å². The molecule has 1 nitrogen and oxygen atoms in total. The lowest BCUT2D eigenvalue weighted by molar-refractivity contribution is 0.198. The van der Waals surface area contributed by atoms with Gasteiger partial charge in [-0.05, 0) is 43.6 Å². The summed E-state index contributed by atoms with van der Waals surface area (Å²) >= 11 is 0. The van der Waals surface area contributed by atoms with Crippen LogP contribution >= 0.6 is 0 Å². The molecule has 2 aliphatic carbocycles. The van der Waals surface area contributed by atoms with Crippen molar-refractivity contribution in [3.05, 3.63) is 0 Å². The fourth-order valence-corrected chi connectivity index (χ4v) is 2.54. The highest BCUT2D eigenvalue weighted by Crippen LogP contribution is 2.33. The summed E-state index contributed by atoms with van der Waals surface area (Å²) in [6.45, 7) is 6.14. The van der Waals surface area contributed by atoms with Gasteiger partial charge in [0.25, 0.3) is 0 Å². The van der Waals surface area contributed by atoms with E-state index in [1.807, 2.05) is 0 Å². The molecule has 0 aromatic rings. The quantitative estimate of drug-likeness (QED) is 0.706. The molecule has 0 saturated heterocycles. The highest BCUT2D eigenvalue weighted by molar-refractivity contribution is 4.84. The van der Waals surface area contributed by atoms with Gasteiger partial charge in [0.2, 0.25) is 0 Å². The molecule has 13 heavy (non-hydrogen) atoms. The number of hydrogen-bond donors (Lipinski definition) is 1. The molecule has 2 fully saturated rings. The Morgan fingerprint density at radius 1 is 1.08 bits per heavy atom. The van der Waals surface area contributed by atoms with Crippen LogP contribution in [0, 0.1) is 17.8 Å². The molecule has 2 saturated carbocycles. The van der Waals surface area contributed by atoms with Crippen LogP contribution in [0.15, 0.2) is 0 Å². The van der Waals surface area contributed by atoms with Crippen LogP contribution in [0.3, 0.4) is 0 Å². The molecule has 2 rings (SSSR count). The van der Waals surface area contributed by atoms with Crippen molar-refractivity contribution in [1.82, 2.24) is 5.32 Å². The van der Waals surface area contributed by atoms with Crippen molar-refractivity contribution >= 4 is 0 Å². The topological polar surface area (TPSA) is 12.0 Å². The zero-order valence-corrected chi connectivity index (χ0v) is 9.05. The number of rotatable bonds is 3. The highest BCUT2D eigenvalue weighted by Gasteiger charge is 2.27. The normalized spacial score (nSPS) is 40.6. The Bertz CT molecular complexity index is 163. The third-order valence-electron chi connectivity index (χ3n) is 3.87. The first-order chi connectivity index (χ1) is 6.25. The molecular weight excluding hydrogens is 158 g/mol. The highest BCUT2D eigenvalue weighted by atomic mass is 14.9. The second-order valence-corrected chi connectivity index (χ2v) is 5.34. The molecule has 0 aromatic heterocycles. The Kier molecular flexibility index (Phi) is 2.92. The molecule has 1 heteroatoms. The smallest absolute Gasteiger partial charge is 0.00683 e. The van der Waals surface area contributed by atoms with Gasteiger partial charge in [0.05, 0.1) is 0 Å². The summed E-state index contributed by atoms with van der Waals surface area (Å²) in [5, 5.41) is 3.68. The second kappa shape index (κ2) is 4.00. The molecular formula is C12H23N. The summed E-state index contributed by atoms with van der Waals surface area (Å²) < 4.78 is 0. The largest absolute Gasteiger partial charge is 0.314 e. The Morgan fingerprint density at radius 3 is 2.54 bits per heavy atom. The van der Waals surface area contributed by atoms with Crippen molar-refractivity contribution in [2.75, 3.05) is 6.54 Å². The molecule has 0 aromatic carbocycles. The fourth-order valence-electron chi connectivity index (χ4n) is 2.54. The van der Waals surface area contributed by atoms with Crippen molar-refractivity contribution in [2.24, 2.45) is 17.8 Å². The van der Waals surface area contributed by atoms with E-state index in [9.17, 15) is 0 Å². The molecule has 0 heterocycles. The minimum atomic E-state index is 0.893. The predicted molar refractivity (Wildman–Crippen MR) is 56.7 cm³/mol. The van der Waals surface area contributed by atoms with Crippen LogP contribution in [0.2, 0.25) is 0 Å². The molecule has 0 bridgehead atoms. The summed E-state index contributed by atoms with van der Waals surface area (Å²) in [6, 6.07) is 0.893. The van der Waals surface area contributed by atoms with Gasteiger partial charge in [-0.25, -0.2) is 0 Å². The van der Waals surface area contributed by atoms with Crippen LogP contribution in [-0.2, 0) is 0 Å². The first-order valence-electron chi connectivity index (χ1n) is 5.99. The van der Waals surface area contributed by atoms with Crippen molar-refractivity contribution in [3.8, 4) is 0 Å². The first kappa shape index (κ1) is 9.51. The minimum Gasteiger partial charge on any atom is -0.314 e. The molecule has 76 valence electrons. The first-order valence-corrected chi connectivity index (χ1v) is 5.99. The van der Waals surface area contributed by atoms with Gasteiger partial charge < -0.3 is 5.32 Å². The summed E-state index contributed by atoms with van der Waals surface area (Å²) in [7, 11) is 0. The maximum atomic E-state index is 3.68. The maximum absolute atomic E-state index is 3.68. The van der Waals surface area contributed by atoms with Crippen LogP contribution in [0.5, 0.6) is 0 Å². The Hall–Kier alpha value is -0.0400. The van der Waals surface area contributed by atoms with Crippen LogP contribution < -0.4 is 5.32 Å². The third-order valence-corrected chi connectivity index (χ3v) is 3.87. The molecule has 0 aliphatic heterocycles. The van der Waals surface area contributed by atoms with Crippen LogP contribution in [0.4, 0.5) is 0 Å². The van der Waals surface area contributed by atoms with E-state index in [-0.39, 0.29) is 0 Å². The maximum Gasteiger partial charge on any atom is 0.00683 e. The average molecular weight is 181 g/mol. The molecule has 3 unspecified atom stereocenters. The van der Waals surface area contributed by atoms with Gasteiger partial charge in [-0.15, -0.1) is 0 Å². The lowest BCUT2D eigenvalue weighted by Crippen LogP contribution is -2.32. The zero-order chi connectivity index (χ0) is 9.26. The van der Waals surface area contributed by atoms with Crippen molar-refractivity contribution in [2.45, 2.75) is 52.0 Å². The lowest BCUT2D eigenvalue weighted by atomic mass is 9.75. The molecule has 0 spiro atoms. The Morgan fingerprint density at radius 2 is 1.85 bits per heavy atom. The summed E-state index contributed by atoms with van der Waals surface area (Å²) in [5.74, 6) is 2.90. The monoisotopic (exact) mass is 181 g/mol. The second-order valence-electron chi connectivity index (χ2n) is 5.34. The minimum absolute atomic E-state index is 0.893. The summed E-state index contributed by atoms with van der Waals surface area (Å²) in [4.78, 5) is 0. The Balaban J connectivity index is 1.73. The molecule has 2 aliphatic rings. The standard InChI is InChI=1S/C12H23N/c1-9-3-4-10(2)11(7-9)8-13-12-5-6-12/h9-13H,3-8H2,1-2H3. The van der Waals surface area contributed by atoms with Gasteiger partial charge in [-0.3, -0.25) is 0 Å². The zero-order valence-electron chi connectivity index (χ0n) is 9.05. The van der Waals surface area contributed by atoms with Gasteiger partial charge in [0.15, 0.2) is 0 Å². The predicted octanol–water partition coefficient (Wildman–Crippen LogP) is 2.81. The van der Waals surface area contributed by atoms with Gasteiger partial charge in [-0.1, -0.05) is 26.7 Å². The van der Waals surface area contributed by atoms with E-state index in [1.54, 1.807) is 0 Å². The van der Waals surface area contributed by atoms with Crippen molar-refractivity contribution in [3.63, 3.8) is 0 Å². The fraction of sp³-hybridized carbons (Fsp3) is 1.00. The van der Waals surface area contributed by atoms with Crippen molar-refractivity contribution < 1.29 is 0 Å². The van der Waals surface area contributed by atoms with Crippen LogP contribution in [-0.4, -0.2) is 12.6 Å². The summed E-state index contributed by atoms with van der Waals surface area (Å²) in [6.07, 6.45) is 7.23. The van der Waals surface area contributed by atoms with Gasteiger partial charge in [0, 0.05) is 6.04 Å². The molecule has 3 atom stereocenters. The molecule has 0 amide bonds. The van der Waals surface area contributed by atoms with E-state index in [1.165, 1.54) is 38.6 Å². The number of nitrogens with one attached hydrogen (secondary N) is 1. The van der Waals surface area contributed by atoms with E-state index < -0.39 is 0 Å². The SMILES string of the molecule is CC1CCC(C)C(CNC2CC2)C1. The van der Waals surface area contributed by atoms with Crippen LogP contribution in [0.25, 0.3) is 0 Å². The van der Waals surface area contributed by atoms with Gasteiger partial charge in [0.1, 0.15) is 0 Å². The average Bonchev–Trinajstić information content (AvgIpc) is 2.90. The third kappa shape index (κ3) is 2.70. The van der Waals surface area contributed by atoms with Gasteiger partial charge in [-0.2, -0.15) is 0 Å². The van der Waals surface area contributed by atoms with E-state index >= 15 is 0 Å². The Labute approximate surface area is 82.3 Å². The molecule has 0 radical (unpaired) electrons. The van der Waals surface area contributed by atoms with Gasteiger partial charge >= 0.3 is 0 Å².